The molecule has 0 amide bonds. The fraction of sp³-hybridized carbons (Fsp3) is 1.00. The molecule has 0 aliphatic carbocycles. The van der Waals surface area contributed by atoms with E-state index in [-0.39, 0.29) is 12.0 Å². The van der Waals surface area contributed by atoms with E-state index < -0.39 is 5.60 Å². The van der Waals surface area contributed by atoms with Gasteiger partial charge >= 0.3 is 0 Å². The predicted molar refractivity (Wildman–Crippen MR) is 51.0 cm³/mol. The average molecular weight is 174 g/mol. The molecule has 0 unspecified atom stereocenters. The molecule has 2 heteroatoms. The van der Waals surface area contributed by atoms with Gasteiger partial charge in [-0.1, -0.05) is 27.7 Å². The van der Waals surface area contributed by atoms with Crippen molar-refractivity contribution in [1.82, 2.24) is 0 Å². The second-order valence-electron chi connectivity index (χ2n) is 4.43. The van der Waals surface area contributed by atoms with E-state index >= 15 is 0 Å². The van der Waals surface area contributed by atoms with Crippen LogP contribution in [0.25, 0.3) is 0 Å². The lowest BCUT2D eigenvalue weighted by atomic mass is 9.78. The number of aliphatic hydroxyl groups excluding tert-OH is 1. The Hall–Kier alpha value is -0.0800. The van der Waals surface area contributed by atoms with Crippen molar-refractivity contribution < 1.29 is 10.2 Å². The van der Waals surface area contributed by atoms with Crippen molar-refractivity contribution >= 4 is 0 Å². The molecule has 0 aliphatic rings. The van der Waals surface area contributed by atoms with Gasteiger partial charge in [0.25, 0.3) is 0 Å². The van der Waals surface area contributed by atoms with Crippen LogP contribution in [0.3, 0.4) is 0 Å². The quantitative estimate of drug-likeness (QED) is 0.668. The van der Waals surface area contributed by atoms with Crippen molar-refractivity contribution in [3.63, 3.8) is 0 Å². The van der Waals surface area contributed by atoms with Crippen LogP contribution in [0.5, 0.6) is 0 Å². The summed E-state index contributed by atoms with van der Waals surface area (Å²) in [5, 5.41) is 19.0. The van der Waals surface area contributed by atoms with Crippen molar-refractivity contribution in [1.29, 1.82) is 0 Å². The van der Waals surface area contributed by atoms with E-state index in [0.717, 1.165) is 12.8 Å². The summed E-state index contributed by atoms with van der Waals surface area (Å²) in [7, 11) is 0. The SMILES string of the molecule is CCC(O)(CC)CC(C)(C)CO. The van der Waals surface area contributed by atoms with Gasteiger partial charge in [0.2, 0.25) is 0 Å². The van der Waals surface area contributed by atoms with Crippen LogP contribution in [-0.2, 0) is 0 Å². The van der Waals surface area contributed by atoms with Gasteiger partial charge < -0.3 is 10.2 Å². The predicted octanol–water partition coefficient (Wildman–Crippen LogP) is 1.95. The maximum absolute atomic E-state index is 9.98. The maximum Gasteiger partial charge on any atom is 0.0648 e. The minimum absolute atomic E-state index is 0.134. The summed E-state index contributed by atoms with van der Waals surface area (Å²) in [5.74, 6) is 0. The molecule has 0 heterocycles. The normalized spacial score (nSPS) is 13.5. The Balaban J connectivity index is 4.20. The number of hydrogen-bond donors (Lipinski definition) is 2. The van der Waals surface area contributed by atoms with Crippen molar-refractivity contribution in [2.45, 2.75) is 52.6 Å². The zero-order chi connectivity index (χ0) is 9.83. The van der Waals surface area contributed by atoms with Crippen molar-refractivity contribution in [3.05, 3.63) is 0 Å². The summed E-state index contributed by atoms with van der Waals surface area (Å²) in [4.78, 5) is 0. The van der Waals surface area contributed by atoms with Gasteiger partial charge in [0.1, 0.15) is 0 Å². The Labute approximate surface area is 75.6 Å². The van der Waals surface area contributed by atoms with Crippen LogP contribution in [0.4, 0.5) is 0 Å². The number of hydrogen-bond acceptors (Lipinski definition) is 2. The Morgan fingerprint density at radius 3 is 1.75 bits per heavy atom. The van der Waals surface area contributed by atoms with Crippen molar-refractivity contribution in [2.24, 2.45) is 5.41 Å². The molecule has 0 atom stereocenters. The lowest BCUT2D eigenvalue weighted by Gasteiger charge is -2.33. The highest BCUT2D eigenvalue weighted by Gasteiger charge is 2.30. The van der Waals surface area contributed by atoms with Crippen LogP contribution in [-0.4, -0.2) is 22.4 Å². The number of aliphatic hydroxyl groups is 2. The minimum Gasteiger partial charge on any atom is -0.396 e. The monoisotopic (exact) mass is 174 g/mol. The molecule has 12 heavy (non-hydrogen) atoms. The van der Waals surface area contributed by atoms with E-state index in [2.05, 4.69) is 0 Å². The summed E-state index contributed by atoms with van der Waals surface area (Å²) in [5.41, 5.74) is -0.757. The second-order valence-corrected chi connectivity index (χ2v) is 4.43. The van der Waals surface area contributed by atoms with E-state index in [1.54, 1.807) is 0 Å². The Morgan fingerprint density at radius 1 is 1.08 bits per heavy atom. The van der Waals surface area contributed by atoms with E-state index in [1.807, 2.05) is 27.7 Å². The molecule has 0 aromatic heterocycles. The highest BCUT2D eigenvalue weighted by Crippen LogP contribution is 2.31. The largest absolute Gasteiger partial charge is 0.396 e. The number of rotatable bonds is 5. The third-order valence-corrected chi connectivity index (χ3v) is 2.55. The molecule has 2 nitrogen and oxygen atoms in total. The molecular formula is C10H22O2. The second kappa shape index (κ2) is 4.24. The van der Waals surface area contributed by atoms with Crippen LogP contribution in [0.2, 0.25) is 0 Å². The van der Waals surface area contributed by atoms with Crippen molar-refractivity contribution in [2.75, 3.05) is 6.61 Å². The molecule has 0 saturated heterocycles. The molecule has 0 saturated carbocycles. The average Bonchev–Trinajstić information content (AvgIpc) is 2.04. The van der Waals surface area contributed by atoms with Gasteiger partial charge in [-0.2, -0.15) is 0 Å². The fourth-order valence-electron chi connectivity index (χ4n) is 1.45. The van der Waals surface area contributed by atoms with E-state index in [0.29, 0.717) is 6.42 Å². The smallest absolute Gasteiger partial charge is 0.0648 e. The first-order valence-corrected chi connectivity index (χ1v) is 4.72. The third kappa shape index (κ3) is 3.55. The van der Waals surface area contributed by atoms with E-state index in [4.69, 9.17) is 5.11 Å². The summed E-state index contributed by atoms with van der Waals surface area (Å²) in [6.07, 6.45) is 2.18. The molecule has 0 aliphatic heterocycles. The van der Waals surface area contributed by atoms with Crippen LogP contribution in [0.1, 0.15) is 47.0 Å². The molecule has 0 radical (unpaired) electrons. The molecule has 0 bridgehead atoms. The van der Waals surface area contributed by atoms with Crippen LogP contribution in [0.15, 0.2) is 0 Å². The Morgan fingerprint density at radius 2 is 1.50 bits per heavy atom. The lowest BCUT2D eigenvalue weighted by molar-refractivity contribution is -0.0232. The van der Waals surface area contributed by atoms with E-state index in [9.17, 15) is 5.11 Å². The molecular weight excluding hydrogens is 152 g/mol. The topological polar surface area (TPSA) is 40.5 Å². The standard InChI is InChI=1S/C10H22O2/c1-5-10(12,6-2)7-9(3,4)8-11/h11-12H,5-8H2,1-4H3. The lowest BCUT2D eigenvalue weighted by Crippen LogP contribution is -2.35. The highest BCUT2D eigenvalue weighted by atomic mass is 16.3. The Bertz CT molecular complexity index is 126. The summed E-state index contributed by atoms with van der Waals surface area (Å²) >= 11 is 0. The molecule has 0 rings (SSSR count). The molecule has 0 fully saturated rings. The van der Waals surface area contributed by atoms with Gasteiger partial charge in [-0.25, -0.2) is 0 Å². The van der Waals surface area contributed by atoms with Gasteiger partial charge in [0.15, 0.2) is 0 Å². The van der Waals surface area contributed by atoms with Crippen LogP contribution >= 0.6 is 0 Å². The molecule has 74 valence electrons. The fourth-order valence-corrected chi connectivity index (χ4v) is 1.45. The first-order valence-electron chi connectivity index (χ1n) is 4.72. The Kier molecular flexibility index (Phi) is 4.21. The molecule has 2 N–H and O–H groups in total. The zero-order valence-corrected chi connectivity index (χ0v) is 8.72. The van der Waals surface area contributed by atoms with Gasteiger partial charge in [-0.05, 0) is 24.7 Å². The first-order chi connectivity index (χ1) is 5.39. The molecule has 0 aromatic rings. The summed E-state index contributed by atoms with van der Waals surface area (Å²) < 4.78 is 0. The zero-order valence-electron chi connectivity index (χ0n) is 8.72. The first kappa shape index (κ1) is 11.9. The molecule has 0 spiro atoms. The van der Waals surface area contributed by atoms with Gasteiger partial charge in [0, 0.05) is 6.61 Å². The van der Waals surface area contributed by atoms with Crippen molar-refractivity contribution in [3.8, 4) is 0 Å². The van der Waals surface area contributed by atoms with Crippen LogP contribution < -0.4 is 0 Å². The third-order valence-electron chi connectivity index (χ3n) is 2.55. The molecule has 0 aromatic carbocycles. The highest BCUT2D eigenvalue weighted by molar-refractivity contribution is 4.83. The maximum atomic E-state index is 9.98. The van der Waals surface area contributed by atoms with Gasteiger partial charge in [-0.3, -0.25) is 0 Å². The summed E-state index contributed by atoms with van der Waals surface area (Å²) in [6.45, 7) is 8.05. The summed E-state index contributed by atoms with van der Waals surface area (Å²) in [6, 6.07) is 0. The minimum atomic E-state index is -0.591. The van der Waals surface area contributed by atoms with Gasteiger partial charge in [-0.15, -0.1) is 0 Å². The van der Waals surface area contributed by atoms with E-state index in [1.165, 1.54) is 0 Å². The van der Waals surface area contributed by atoms with Gasteiger partial charge in [0.05, 0.1) is 5.60 Å². The van der Waals surface area contributed by atoms with Crippen LogP contribution in [0, 0.1) is 5.41 Å².